The van der Waals surface area contributed by atoms with Gasteiger partial charge in [0.15, 0.2) is 18.1 Å². The number of nitrogens with one attached hydrogen (secondary N) is 1. The lowest BCUT2D eigenvalue weighted by Crippen LogP contribution is -2.21. The van der Waals surface area contributed by atoms with Crippen molar-refractivity contribution in [2.75, 3.05) is 19.0 Å². The Hall–Kier alpha value is -3.25. The Labute approximate surface area is 229 Å². The quantitative estimate of drug-likeness (QED) is 0.215. The number of hydrogen-bond donors (Lipinski definition) is 1. The van der Waals surface area contributed by atoms with E-state index in [1.807, 2.05) is 43.3 Å². The van der Waals surface area contributed by atoms with Crippen molar-refractivity contribution in [2.24, 2.45) is 5.10 Å². The third-order valence-electron chi connectivity index (χ3n) is 5.31. The highest BCUT2D eigenvalue weighted by atomic mass is 127. The number of aryl methyl sites for hydroxylation is 2. The molecular weight excluding hydrogens is 639 g/mol. The molecule has 0 radical (unpaired) electrons. The van der Waals surface area contributed by atoms with Gasteiger partial charge in [-0.25, -0.2) is 4.98 Å². The summed E-state index contributed by atoms with van der Waals surface area (Å²) < 4.78 is 14.1. The fraction of sp³-hybridized carbons (Fsp3) is 0.154. The lowest BCUT2D eigenvalue weighted by molar-refractivity contribution is -0.118. The lowest BCUT2D eigenvalue weighted by Gasteiger charge is -2.14. The molecule has 4 aromatic rings. The summed E-state index contributed by atoms with van der Waals surface area (Å²) in [5.74, 6) is 1.07. The number of aromatic nitrogens is 2. The smallest absolute Gasteiger partial charge is 0.282 e. The third kappa shape index (κ3) is 5.76. The Morgan fingerprint density at radius 2 is 1.97 bits per heavy atom. The number of ether oxygens (including phenoxy) is 2. The molecule has 184 valence electrons. The van der Waals surface area contributed by atoms with Crippen molar-refractivity contribution in [1.82, 2.24) is 9.66 Å². The zero-order chi connectivity index (χ0) is 25.8. The molecule has 1 heterocycles. The number of fused-ring (bicyclic) bond motifs is 1. The Balaban J connectivity index is 1.55. The minimum Gasteiger partial charge on any atom is -0.493 e. The predicted molar refractivity (Wildman–Crippen MR) is 152 cm³/mol. The van der Waals surface area contributed by atoms with Gasteiger partial charge in [-0.1, -0.05) is 34.1 Å². The van der Waals surface area contributed by atoms with E-state index in [4.69, 9.17) is 9.47 Å². The van der Waals surface area contributed by atoms with Gasteiger partial charge in [0.2, 0.25) is 0 Å². The fourth-order valence-electron chi connectivity index (χ4n) is 3.51. The van der Waals surface area contributed by atoms with Crippen molar-refractivity contribution >= 4 is 67.2 Å². The standard InChI is InChI=1S/C26H22BrIN4O4/c1-15-6-4-5-7-21(15)31-24(33)14-36-25-20(28)10-17(11-23(25)35-3)13-29-32-16(2)30-22-9-8-18(27)12-19(22)26(32)34/h4-13H,14H2,1-3H3,(H,31,33). The molecule has 3 aromatic carbocycles. The van der Waals surface area contributed by atoms with E-state index in [0.29, 0.717) is 33.8 Å². The molecule has 1 N–H and O–H groups in total. The zero-order valence-electron chi connectivity index (χ0n) is 19.7. The Morgan fingerprint density at radius 3 is 2.72 bits per heavy atom. The zero-order valence-corrected chi connectivity index (χ0v) is 23.5. The molecule has 0 fully saturated rings. The second-order valence-electron chi connectivity index (χ2n) is 7.87. The number of carbonyl (C=O) groups excluding carboxylic acids is 1. The Bertz CT molecular complexity index is 1550. The number of nitrogens with zero attached hydrogens (tertiary/aromatic N) is 3. The molecule has 0 spiro atoms. The lowest BCUT2D eigenvalue weighted by atomic mass is 10.2. The first-order valence-corrected chi connectivity index (χ1v) is 12.7. The molecule has 0 aliphatic carbocycles. The average molecular weight is 661 g/mol. The van der Waals surface area contributed by atoms with Gasteiger partial charge in [-0.05, 0) is 84.0 Å². The van der Waals surface area contributed by atoms with E-state index in [-0.39, 0.29) is 18.1 Å². The van der Waals surface area contributed by atoms with Crippen LogP contribution in [0.25, 0.3) is 10.9 Å². The van der Waals surface area contributed by atoms with Gasteiger partial charge in [-0.15, -0.1) is 0 Å². The van der Waals surface area contributed by atoms with Crippen LogP contribution in [0.4, 0.5) is 5.69 Å². The molecule has 0 saturated carbocycles. The molecule has 4 rings (SSSR count). The van der Waals surface area contributed by atoms with Crippen molar-refractivity contribution in [3.63, 3.8) is 0 Å². The maximum Gasteiger partial charge on any atom is 0.282 e. The van der Waals surface area contributed by atoms with Gasteiger partial charge in [-0.2, -0.15) is 9.78 Å². The van der Waals surface area contributed by atoms with Crippen molar-refractivity contribution in [3.05, 3.63) is 89.9 Å². The van der Waals surface area contributed by atoms with E-state index >= 15 is 0 Å². The topological polar surface area (TPSA) is 94.8 Å². The molecule has 0 aliphatic heterocycles. The molecule has 36 heavy (non-hydrogen) atoms. The highest BCUT2D eigenvalue weighted by Gasteiger charge is 2.14. The van der Waals surface area contributed by atoms with Crippen LogP contribution in [-0.2, 0) is 4.79 Å². The van der Waals surface area contributed by atoms with E-state index in [1.165, 1.54) is 11.8 Å². The molecule has 0 saturated heterocycles. The monoisotopic (exact) mass is 660 g/mol. The van der Waals surface area contributed by atoms with Crippen LogP contribution in [0.3, 0.4) is 0 Å². The largest absolute Gasteiger partial charge is 0.493 e. The van der Waals surface area contributed by atoms with E-state index in [9.17, 15) is 9.59 Å². The number of halogens is 2. The highest BCUT2D eigenvalue weighted by molar-refractivity contribution is 14.1. The second-order valence-corrected chi connectivity index (χ2v) is 9.95. The van der Waals surface area contributed by atoms with Crippen LogP contribution in [0, 0.1) is 17.4 Å². The van der Waals surface area contributed by atoms with Crippen molar-refractivity contribution in [1.29, 1.82) is 0 Å². The summed E-state index contributed by atoms with van der Waals surface area (Å²) in [7, 11) is 1.52. The van der Waals surface area contributed by atoms with Crippen molar-refractivity contribution in [3.8, 4) is 11.5 Å². The minimum absolute atomic E-state index is 0.180. The summed E-state index contributed by atoms with van der Waals surface area (Å²) in [6.07, 6.45) is 1.55. The summed E-state index contributed by atoms with van der Waals surface area (Å²) in [4.78, 5) is 29.9. The highest BCUT2D eigenvalue weighted by Crippen LogP contribution is 2.33. The maximum atomic E-state index is 13.0. The number of anilines is 1. The fourth-order valence-corrected chi connectivity index (χ4v) is 4.65. The molecule has 0 aliphatic rings. The SMILES string of the molecule is COc1cc(C=Nn2c(C)nc3ccc(Br)cc3c2=O)cc(I)c1OCC(=O)Nc1ccccc1C. The number of benzene rings is 3. The van der Waals surface area contributed by atoms with Gasteiger partial charge in [0.05, 0.1) is 27.8 Å². The Morgan fingerprint density at radius 1 is 1.19 bits per heavy atom. The number of hydrogen-bond acceptors (Lipinski definition) is 6. The summed E-state index contributed by atoms with van der Waals surface area (Å²) in [5, 5.41) is 7.68. The van der Waals surface area contributed by atoms with Crippen LogP contribution < -0.4 is 20.3 Å². The van der Waals surface area contributed by atoms with Gasteiger partial charge in [0, 0.05) is 10.2 Å². The van der Waals surface area contributed by atoms with E-state index in [2.05, 4.69) is 53.9 Å². The van der Waals surface area contributed by atoms with Crippen LogP contribution >= 0.6 is 38.5 Å². The van der Waals surface area contributed by atoms with Crippen LogP contribution in [0.2, 0.25) is 0 Å². The maximum absolute atomic E-state index is 13.0. The molecule has 10 heteroatoms. The van der Waals surface area contributed by atoms with Crippen LogP contribution in [0.5, 0.6) is 11.5 Å². The normalized spacial score (nSPS) is 11.1. The molecule has 0 atom stereocenters. The first-order chi connectivity index (χ1) is 17.3. The van der Waals surface area contributed by atoms with Crippen molar-refractivity contribution < 1.29 is 14.3 Å². The summed E-state index contributed by atoms with van der Waals surface area (Å²) in [6, 6.07) is 16.4. The van der Waals surface area contributed by atoms with Gasteiger partial charge in [0.25, 0.3) is 11.5 Å². The average Bonchev–Trinajstić information content (AvgIpc) is 2.85. The molecular formula is C26H22BrIN4O4. The van der Waals surface area contributed by atoms with Gasteiger partial charge >= 0.3 is 0 Å². The Kier molecular flexibility index (Phi) is 8.04. The molecule has 0 bridgehead atoms. The first-order valence-electron chi connectivity index (χ1n) is 10.9. The van der Waals surface area contributed by atoms with Crippen LogP contribution in [0.1, 0.15) is 17.0 Å². The van der Waals surface area contributed by atoms with Gasteiger partial charge in [0.1, 0.15) is 5.82 Å². The number of rotatable bonds is 7. The second kappa shape index (κ2) is 11.2. The van der Waals surface area contributed by atoms with Gasteiger partial charge < -0.3 is 14.8 Å². The van der Waals surface area contributed by atoms with Gasteiger partial charge in [-0.3, -0.25) is 9.59 Å². The number of methoxy groups -OCH3 is 1. The number of carbonyl (C=O) groups is 1. The summed E-state index contributed by atoms with van der Waals surface area (Å²) in [5.41, 5.74) is 2.73. The van der Waals surface area contributed by atoms with Crippen LogP contribution in [-0.4, -0.2) is 35.5 Å². The van der Waals surface area contributed by atoms with Crippen molar-refractivity contribution in [2.45, 2.75) is 13.8 Å². The number of para-hydroxylation sites is 1. The summed E-state index contributed by atoms with van der Waals surface area (Å²) in [6.45, 7) is 3.47. The molecule has 1 amide bonds. The number of amides is 1. The van der Waals surface area contributed by atoms with Crippen LogP contribution in [0.15, 0.2) is 69.0 Å². The first kappa shape index (κ1) is 25.8. The third-order valence-corrected chi connectivity index (χ3v) is 6.61. The molecule has 8 nitrogen and oxygen atoms in total. The van der Waals surface area contributed by atoms with E-state index in [1.54, 1.807) is 31.3 Å². The molecule has 1 aromatic heterocycles. The minimum atomic E-state index is -0.280. The predicted octanol–water partition coefficient (Wildman–Crippen LogP) is 5.29. The van der Waals surface area contributed by atoms with E-state index < -0.39 is 0 Å². The summed E-state index contributed by atoms with van der Waals surface area (Å²) >= 11 is 5.50. The van der Waals surface area contributed by atoms with E-state index in [0.717, 1.165) is 19.3 Å². The molecule has 0 unspecified atom stereocenters.